The molecule has 2 unspecified atom stereocenters. The number of amides is 2. The highest BCUT2D eigenvalue weighted by Crippen LogP contribution is 2.19. The minimum atomic E-state index is -0.0205. The van der Waals surface area contributed by atoms with Crippen LogP contribution in [0.5, 0.6) is 0 Å². The van der Waals surface area contributed by atoms with E-state index in [0.29, 0.717) is 12.8 Å². The molecule has 6 nitrogen and oxygen atoms in total. The van der Waals surface area contributed by atoms with E-state index in [1.807, 2.05) is 24.8 Å². The Morgan fingerprint density at radius 1 is 1.62 bits per heavy atom. The Bertz CT molecular complexity index is 458. The molecule has 1 aromatic rings. The smallest absolute Gasteiger partial charge is 0.317 e. The monoisotopic (exact) mass is 294 g/mol. The number of hydrogen-bond donors (Lipinski definition) is 3. The molecule has 0 aromatic carbocycles. The predicted octanol–water partition coefficient (Wildman–Crippen LogP) is 1.60. The number of nitrogens with zero attached hydrogens (tertiary/aromatic N) is 2. The average Bonchev–Trinajstić information content (AvgIpc) is 2.84. The number of H-pyrrole nitrogens is 1. The van der Waals surface area contributed by atoms with Gasteiger partial charge in [0.05, 0.1) is 5.69 Å². The minimum absolute atomic E-state index is 0.0205. The lowest BCUT2D eigenvalue weighted by molar-refractivity contribution is 0.130. The molecule has 1 fully saturated rings. The summed E-state index contributed by atoms with van der Waals surface area (Å²) in [6.45, 7) is 4.88. The van der Waals surface area contributed by atoms with Gasteiger partial charge in [0, 0.05) is 37.4 Å². The molecule has 118 valence electrons. The number of aromatic nitrogens is 2. The van der Waals surface area contributed by atoms with Crippen molar-refractivity contribution >= 4 is 6.03 Å². The second-order valence-corrected chi connectivity index (χ2v) is 5.95. The van der Waals surface area contributed by atoms with Crippen LogP contribution in [0, 0.1) is 6.92 Å². The van der Waals surface area contributed by atoms with Crippen molar-refractivity contribution in [1.82, 2.24) is 20.4 Å². The third kappa shape index (κ3) is 4.46. The summed E-state index contributed by atoms with van der Waals surface area (Å²) in [5, 5.41) is 19.3. The molecule has 0 spiro atoms. The first-order valence-electron chi connectivity index (χ1n) is 7.79. The molecule has 0 aliphatic carbocycles. The number of carbonyl (C=O) groups is 1. The fourth-order valence-electron chi connectivity index (χ4n) is 2.95. The van der Waals surface area contributed by atoms with E-state index >= 15 is 0 Å². The van der Waals surface area contributed by atoms with E-state index in [-0.39, 0.29) is 24.7 Å². The molecule has 1 saturated heterocycles. The summed E-state index contributed by atoms with van der Waals surface area (Å²) < 4.78 is 0. The molecule has 0 radical (unpaired) electrons. The molecule has 21 heavy (non-hydrogen) atoms. The Labute approximate surface area is 125 Å². The molecule has 6 heteroatoms. The van der Waals surface area contributed by atoms with Crippen LogP contribution >= 0.6 is 0 Å². The molecule has 1 aromatic heterocycles. The van der Waals surface area contributed by atoms with Gasteiger partial charge in [-0.1, -0.05) is 0 Å². The van der Waals surface area contributed by atoms with E-state index in [0.717, 1.165) is 37.2 Å². The quantitative estimate of drug-likeness (QED) is 0.771. The molecule has 2 amide bonds. The topological polar surface area (TPSA) is 81.2 Å². The Kier molecular flexibility index (Phi) is 5.61. The molecular weight excluding hydrogens is 268 g/mol. The van der Waals surface area contributed by atoms with Crippen molar-refractivity contribution in [1.29, 1.82) is 0 Å². The van der Waals surface area contributed by atoms with Crippen LogP contribution in [0.4, 0.5) is 4.79 Å². The standard InChI is InChI=1S/C15H26N4O2/c1-11(9-13-10-12(2)17-18-13)16-15(21)19-7-4-3-5-14(19)6-8-20/h10-11,14,20H,3-9H2,1-2H3,(H,16,21)(H,17,18). The number of aryl methyl sites for hydroxylation is 1. The van der Waals surface area contributed by atoms with Gasteiger partial charge in [0.25, 0.3) is 0 Å². The number of rotatable bonds is 5. The van der Waals surface area contributed by atoms with Crippen molar-refractivity contribution in [3.05, 3.63) is 17.5 Å². The third-order valence-electron chi connectivity index (χ3n) is 3.99. The van der Waals surface area contributed by atoms with E-state index in [2.05, 4.69) is 15.5 Å². The molecule has 2 heterocycles. The Hall–Kier alpha value is -1.56. The van der Waals surface area contributed by atoms with Crippen molar-refractivity contribution in [2.75, 3.05) is 13.2 Å². The van der Waals surface area contributed by atoms with Crippen LogP contribution in [0.15, 0.2) is 6.07 Å². The second kappa shape index (κ2) is 7.45. The van der Waals surface area contributed by atoms with E-state index in [1.54, 1.807) is 0 Å². The Morgan fingerprint density at radius 3 is 3.10 bits per heavy atom. The van der Waals surface area contributed by atoms with Gasteiger partial charge in [-0.25, -0.2) is 4.79 Å². The summed E-state index contributed by atoms with van der Waals surface area (Å²) in [7, 11) is 0. The summed E-state index contributed by atoms with van der Waals surface area (Å²) in [5.41, 5.74) is 1.99. The van der Waals surface area contributed by atoms with Crippen LogP contribution in [0.25, 0.3) is 0 Å². The zero-order chi connectivity index (χ0) is 15.2. The maximum atomic E-state index is 12.4. The molecule has 3 N–H and O–H groups in total. The van der Waals surface area contributed by atoms with Gasteiger partial charge < -0.3 is 15.3 Å². The van der Waals surface area contributed by atoms with Crippen LogP contribution in [0.3, 0.4) is 0 Å². The highest BCUT2D eigenvalue weighted by atomic mass is 16.3. The van der Waals surface area contributed by atoms with Gasteiger partial charge in [0.2, 0.25) is 0 Å². The SMILES string of the molecule is Cc1cc(CC(C)NC(=O)N2CCCCC2CCO)n[nH]1. The number of aromatic amines is 1. The molecular formula is C15H26N4O2. The van der Waals surface area contributed by atoms with Gasteiger partial charge >= 0.3 is 6.03 Å². The highest BCUT2D eigenvalue weighted by Gasteiger charge is 2.26. The number of hydrogen-bond acceptors (Lipinski definition) is 3. The zero-order valence-electron chi connectivity index (χ0n) is 12.9. The minimum Gasteiger partial charge on any atom is -0.396 e. The highest BCUT2D eigenvalue weighted by molar-refractivity contribution is 5.75. The van der Waals surface area contributed by atoms with E-state index in [9.17, 15) is 4.79 Å². The van der Waals surface area contributed by atoms with Crippen molar-refractivity contribution < 1.29 is 9.90 Å². The summed E-state index contributed by atoms with van der Waals surface area (Å²) >= 11 is 0. The number of nitrogens with one attached hydrogen (secondary N) is 2. The molecule has 1 aliphatic heterocycles. The van der Waals surface area contributed by atoms with Gasteiger partial charge in [0.1, 0.15) is 0 Å². The normalized spacial score (nSPS) is 20.3. The fraction of sp³-hybridized carbons (Fsp3) is 0.733. The van der Waals surface area contributed by atoms with Gasteiger partial charge in [-0.05, 0) is 45.6 Å². The lowest BCUT2D eigenvalue weighted by atomic mass is 10.00. The largest absolute Gasteiger partial charge is 0.396 e. The fourth-order valence-corrected chi connectivity index (χ4v) is 2.95. The first-order valence-corrected chi connectivity index (χ1v) is 7.79. The number of urea groups is 1. The predicted molar refractivity (Wildman–Crippen MR) is 81.1 cm³/mol. The van der Waals surface area contributed by atoms with Crippen LogP contribution in [0.2, 0.25) is 0 Å². The lowest BCUT2D eigenvalue weighted by Crippen LogP contribution is -2.51. The van der Waals surface area contributed by atoms with Crippen molar-refractivity contribution in [3.63, 3.8) is 0 Å². The maximum absolute atomic E-state index is 12.4. The number of aliphatic hydroxyl groups is 1. The molecule has 1 aliphatic rings. The van der Waals surface area contributed by atoms with E-state index in [1.165, 1.54) is 0 Å². The maximum Gasteiger partial charge on any atom is 0.317 e. The zero-order valence-corrected chi connectivity index (χ0v) is 12.9. The Balaban J connectivity index is 1.86. The van der Waals surface area contributed by atoms with Gasteiger partial charge in [0.15, 0.2) is 0 Å². The van der Waals surface area contributed by atoms with Crippen molar-refractivity contribution in [2.45, 2.75) is 58.0 Å². The van der Waals surface area contributed by atoms with E-state index < -0.39 is 0 Å². The Morgan fingerprint density at radius 2 is 2.43 bits per heavy atom. The summed E-state index contributed by atoms with van der Waals surface area (Å²) in [4.78, 5) is 14.3. The number of likely N-dealkylation sites (tertiary alicyclic amines) is 1. The lowest BCUT2D eigenvalue weighted by Gasteiger charge is -2.36. The second-order valence-electron chi connectivity index (χ2n) is 5.95. The van der Waals surface area contributed by atoms with Gasteiger partial charge in [-0.3, -0.25) is 5.10 Å². The van der Waals surface area contributed by atoms with Crippen LogP contribution in [-0.4, -0.2) is 51.5 Å². The van der Waals surface area contributed by atoms with Crippen LogP contribution < -0.4 is 5.32 Å². The van der Waals surface area contributed by atoms with Crippen LogP contribution in [0.1, 0.15) is 44.0 Å². The number of piperidine rings is 1. The summed E-state index contributed by atoms with van der Waals surface area (Å²) in [6.07, 6.45) is 4.55. The molecule has 2 atom stereocenters. The summed E-state index contributed by atoms with van der Waals surface area (Å²) in [6, 6.07) is 2.19. The molecule has 2 rings (SSSR count). The van der Waals surface area contributed by atoms with E-state index in [4.69, 9.17) is 5.11 Å². The van der Waals surface area contributed by atoms with Gasteiger partial charge in [-0.2, -0.15) is 5.10 Å². The van der Waals surface area contributed by atoms with Crippen LogP contribution in [-0.2, 0) is 6.42 Å². The first kappa shape index (κ1) is 15.8. The molecule has 0 bridgehead atoms. The number of carbonyl (C=O) groups excluding carboxylic acids is 1. The van der Waals surface area contributed by atoms with Crippen molar-refractivity contribution in [2.24, 2.45) is 0 Å². The number of aliphatic hydroxyl groups excluding tert-OH is 1. The van der Waals surface area contributed by atoms with Gasteiger partial charge in [-0.15, -0.1) is 0 Å². The summed E-state index contributed by atoms with van der Waals surface area (Å²) in [5.74, 6) is 0. The van der Waals surface area contributed by atoms with Crippen molar-refractivity contribution in [3.8, 4) is 0 Å². The third-order valence-corrected chi connectivity index (χ3v) is 3.99. The first-order chi connectivity index (χ1) is 10.1. The molecule has 0 saturated carbocycles. The average molecular weight is 294 g/mol.